The first-order valence-corrected chi connectivity index (χ1v) is 8.74. The fourth-order valence-corrected chi connectivity index (χ4v) is 3.85. The predicted molar refractivity (Wildman–Crippen MR) is 89.9 cm³/mol. The number of rotatable bonds is 3. The van der Waals surface area contributed by atoms with Crippen LogP contribution in [0.25, 0.3) is 11.0 Å². The zero-order valence-corrected chi connectivity index (χ0v) is 13.5. The molecule has 1 aliphatic heterocycles. The first-order valence-electron chi connectivity index (χ1n) is 8.74. The van der Waals surface area contributed by atoms with Crippen molar-refractivity contribution >= 4 is 16.9 Å². The lowest BCUT2D eigenvalue weighted by Gasteiger charge is -2.35. The van der Waals surface area contributed by atoms with Crippen molar-refractivity contribution in [3.63, 3.8) is 0 Å². The van der Waals surface area contributed by atoms with Crippen molar-refractivity contribution in [2.45, 2.75) is 32.2 Å². The third kappa shape index (κ3) is 3.11. The summed E-state index contributed by atoms with van der Waals surface area (Å²) in [7, 11) is 0. The van der Waals surface area contributed by atoms with Crippen molar-refractivity contribution in [2.75, 3.05) is 26.2 Å². The molecule has 1 saturated heterocycles. The van der Waals surface area contributed by atoms with Crippen LogP contribution in [0.2, 0.25) is 0 Å². The molecule has 2 aromatic rings. The number of piperazine rings is 1. The second kappa shape index (κ2) is 6.32. The van der Waals surface area contributed by atoms with Gasteiger partial charge in [-0.2, -0.15) is 0 Å². The molecule has 5 heteroatoms. The number of para-hydroxylation sites is 2. The van der Waals surface area contributed by atoms with Crippen molar-refractivity contribution in [3.05, 3.63) is 30.1 Å². The topological polar surface area (TPSA) is 52.2 Å². The molecule has 1 aromatic heterocycles. The number of aromatic nitrogens is 2. The van der Waals surface area contributed by atoms with Gasteiger partial charge in [0.05, 0.1) is 17.6 Å². The quantitative estimate of drug-likeness (QED) is 0.947. The zero-order valence-electron chi connectivity index (χ0n) is 13.5. The van der Waals surface area contributed by atoms with E-state index in [-0.39, 0.29) is 0 Å². The highest BCUT2D eigenvalue weighted by Gasteiger charge is 2.29. The Balaban J connectivity index is 1.33. The van der Waals surface area contributed by atoms with E-state index in [1.54, 1.807) is 0 Å². The highest BCUT2D eigenvalue weighted by Crippen LogP contribution is 2.27. The van der Waals surface area contributed by atoms with Gasteiger partial charge in [-0.3, -0.25) is 9.69 Å². The van der Waals surface area contributed by atoms with Gasteiger partial charge in [0.2, 0.25) is 5.91 Å². The van der Waals surface area contributed by atoms with Gasteiger partial charge in [-0.1, -0.05) is 25.0 Å². The SMILES string of the molecule is O=C(C1CCCC1)N1CCN(Cc2nc3ccccc3[nH]2)CC1. The molecule has 4 rings (SSSR count). The van der Waals surface area contributed by atoms with E-state index in [4.69, 9.17) is 0 Å². The normalized spacial score (nSPS) is 20.4. The first-order chi connectivity index (χ1) is 11.3. The minimum absolute atomic E-state index is 0.303. The molecule has 0 unspecified atom stereocenters. The van der Waals surface area contributed by atoms with E-state index < -0.39 is 0 Å². The Bertz CT molecular complexity index is 648. The third-order valence-corrected chi connectivity index (χ3v) is 5.20. The standard InChI is InChI=1S/C18H24N4O/c23-18(14-5-1-2-6-14)22-11-9-21(10-12-22)13-17-19-15-7-3-4-8-16(15)20-17/h3-4,7-8,14H,1-2,5-6,9-13H2,(H,19,20). The summed E-state index contributed by atoms with van der Waals surface area (Å²) >= 11 is 0. The summed E-state index contributed by atoms with van der Waals surface area (Å²) < 4.78 is 0. The summed E-state index contributed by atoms with van der Waals surface area (Å²) in [6.45, 7) is 4.43. The number of aromatic amines is 1. The number of hydrogen-bond acceptors (Lipinski definition) is 3. The Morgan fingerprint density at radius 3 is 2.61 bits per heavy atom. The highest BCUT2D eigenvalue weighted by atomic mass is 16.2. The van der Waals surface area contributed by atoms with Gasteiger partial charge in [0.25, 0.3) is 0 Å². The summed E-state index contributed by atoms with van der Waals surface area (Å²) in [5.41, 5.74) is 2.12. The molecule has 2 fully saturated rings. The summed E-state index contributed by atoms with van der Waals surface area (Å²) in [5.74, 6) is 1.71. The smallest absolute Gasteiger partial charge is 0.225 e. The molecule has 0 radical (unpaired) electrons. The van der Waals surface area contributed by atoms with Gasteiger partial charge in [0.1, 0.15) is 5.82 Å². The van der Waals surface area contributed by atoms with Crippen LogP contribution < -0.4 is 0 Å². The molecule has 2 aliphatic rings. The van der Waals surface area contributed by atoms with E-state index in [9.17, 15) is 4.79 Å². The van der Waals surface area contributed by atoms with Crippen LogP contribution in [0, 0.1) is 5.92 Å². The maximum atomic E-state index is 12.5. The molecule has 1 aliphatic carbocycles. The average Bonchev–Trinajstić information content (AvgIpc) is 3.24. The molecule has 1 saturated carbocycles. The lowest BCUT2D eigenvalue weighted by molar-refractivity contribution is -0.137. The molecule has 5 nitrogen and oxygen atoms in total. The van der Waals surface area contributed by atoms with Gasteiger partial charge in [0, 0.05) is 32.1 Å². The highest BCUT2D eigenvalue weighted by molar-refractivity contribution is 5.79. The summed E-state index contributed by atoms with van der Waals surface area (Å²) in [4.78, 5) is 25.0. The van der Waals surface area contributed by atoms with Crippen molar-refractivity contribution in [1.29, 1.82) is 0 Å². The second-order valence-corrected chi connectivity index (χ2v) is 6.78. The van der Waals surface area contributed by atoms with Crippen LogP contribution in [-0.2, 0) is 11.3 Å². The zero-order chi connectivity index (χ0) is 15.6. The van der Waals surface area contributed by atoms with Crippen LogP contribution in [0.1, 0.15) is 31.5 Å². The number of nitrogens with zero attached hydrogens (tertiary/aromatic N) is 3. The van der Waals surface area contributed by atoms with Gasteiger partial charge in [-0.25, -0.2) is 4.98 Å². The van der Waals surface area contributed by atoms with Crippen molar-refractivity contribution < 1.29 is 4.79 Å². The minimum atomic E-state index is 0.303. The van der Waals surface area contributed by atoms with Gasteiger partial charge >= 0.3 is 0 Å². The molecule has 0 bridgehead atoms. The van der Waals surface area contributed by atoms with Crippen LogP contribution in [0.4, 0.5) is 0 Å². The molecule has 23 heavy (non-hydrogen) atoms. The Kier molecular flexibility index (Phi) is 4.04. The van der Waals surface area contributed by atoms with Crippen LogP contribution in [0.5, 0.6) is 0 Å². The van der Waals surface area contributed by atoms with Gasteiger partial charge < -0.3 is 9.88 Å². The van der Waals surface area contributed by atoms with E-state index in [1.807, 2.05) is 18.2 Å². The molecule has 1 aromatic carbocycles. The molecule has 0 atom stereocenters. The summed E-state index contributed by atoms with van der Waals surface area (Å²) in [6, 6.07) is 8.13. The Morgan fingerprint density at radius 2 is 1.87 bits per heavy atom. The molecule has 122 valence electrons. The van der Waals surface area contributed by atoms with Crippen LogP contribution in [0.3, 0.4) is 0 Å². The largest absolute Gasteiger partial charge is 0.341 e. The molecule has 2 heterocycles. The second-order valence-electron chi connectivity index (χ2n) is 6.78. The maximum Gasteiger partial charge on any atom is 0.225 e. The lowest BCUT2D eigenvalue weighted by atomic mass is 10.1. The van der Waals surface area contributed by atoms with E-state index in [0.717, 1.165) is 62.4 Å². The van der Waals surface area contributed by atoms with Crippen molar-refractivity contribution in [1.82, 2.24) is 19.8 Å². The number of carbonyl (C=O) groups excluding carboxylic acids is 1. The number of benzene rings is 1. The predicted octanol–water partition coefficient (Wildman–Crippen LogP) is 2.40. The monoisotopic (exact) mass is 312 g/mol. The molecule has 1 N–H and O–H groups in total. The van der Waals surface area contributed by atoms with E-state index in [2.05, 4.69) is 25.8 Å². The third-order valence-electron chi connectivity index (χ3n) is 5.20. The summed E-state index contributed by atoms with van der Waals surface area (Å²) in [6.07, 6.45) is 4.64. The van der Waals surface area contributed by atoms with Crippen LogP contribution in [-0.4, -0.2) is 51.9 Å². The van der Waals surface area contributed by atoms with E-state index in [0.29, 0.717) is 11.8 Å². The maximum absolute atomic E-state index is 12.5. The molecular weight excluding hydrogens is 288 g/mol. The van der Waals surface area contributed by atoms with Crippen LogP contribution >= 0.6 is 0 Å². The van der Waals surface area contributed by atoms with Crippen LogP contribution in [0.15, 0.2) is 24.3 Å². The van der Waals surface area contributed by atoms with Crippen molar-refractivity contribution in [2.24, 2.45) is 5.92 Å². The van der Waals surface area contributed by atoms with E-state index >= 15 is 0 Å². The summed E-state index contributed by atoms with van der Waals surface area (Å²) in [5, 5.41) is 0. The number of amides is 1. The molecular formula is C18H24N4O. The number of nitrogens with one attached hydrogen (secondary N) is 1. The fourth-order valence-electron chi connectivity index (χ4n) is 3.85. The first kappa shape index (κ1) is 14.7. The molecule has 0 spiro atoms. The number of fused-ring (bicyclic) bond motifs is 1. The number of hydrogen-bond donors (Lipinski definition) is 1. The Hall–Kier alpha value is -1.88. The fraction of sp³-hybridized carbons (Fsp3) is 0.556. The van der Waals surface area contributed by atoms with Gasteiger partial charge in [-0.15, -0.1) is 0 Å². The number of H-pyrrole nitrogens is 1. The van der Waals surface area contributed by atoms with Gasteiger partial charge in [-0.05, 0) is 25.0 Å². The Labute approximate surface area is 136 Å². The molecule has 1 amide bonds. The minimum Gasteiger partial charge on any atom is -0.341 e. The van der Waals surface area contributed by atoms with Crippen molar-refractivity contribution in [3.8, 4) is 0 Å². The lowest BCUT2D eigenvalue weighted by Crippen LogP contribution is -2.49. The van der Waals surface area contributed by atoms with E-state index in [1.165, 1.54) is 12.8 Å². The Morgan fingerprint density at radius 1 is 1.13 bits per heavy atom. The average molecular weight is 312 g/mol. The van der Waals surface area contributed by atoms with Gasteiger partial charge in [0.15, 0.2) is 0 Å². The number of carbonyl (C=O) groups is 1. The number of imidazole rings is 1.